The van der Waals surface area contributed by atoms with Gasteiger partial charge in [-0.15, -0.1) is 24.8 Å². The first-order valence-electron chi connectivity index (χ1n) is 5.72. The maximum absolute atomic E-state index is 9.51. The number of nitrogens with zero attached hydrogens (tertiary/aromatic N) is 2. The van der Waals surface area contributed by atoms with Gasteiger partial charge in [0.2, 0.25) is 0 Å². The lowest BCUT2D eigenvalue weighted by atomic mass is 10.4. The van der Waals surface area contributed by atoms with Gasteiger partial charge < -0.3 is 15.4 Å². The third kappa shape index (κ3) is 5.48. The largest absolute Gasteiger partial charge is 0.504 e. The summed E-state index contributed by atoms with van der Waals surface area (Å²) >= 11 is 1.80. The fourth-order valence-corrected chi connectivity index (χ4v) is 2.35. The van der Waals surface area contributed by atoms with Gasteiger partial charge in [-0.3, -0.25) is 0 Å². The van der Waals surface area contributed by atoms with E-state index in [1.807, 2.05) is 6.92 Å². The highest BCUT2D eigenvalue weighted by Crippen LogP contribution is 2.18. The first kappa shape index (κ1) is 18.9. The van der Waals surface area contributed by atoms with E-state index in [0.29, 0.717) is 5.82 Å². The van der Waals surface area contributed by atoms with Crippen LogP contribution in [0.3, 0.4) is 0 Å². The Morgan fingerprint density at radius 2 is 2.15 bits per heavy atom. The number of aromatic hydroxyl groups is 1. The summed E-state index contributed by atoms with van der Waals surface area (Å²) in [4.78, 5) is 11.3. The van der Waals surface area contributed by atoms with Crippen molar-refractivity contribution in [2.75, 3.05) is 17.6 Å². The van der Waals surface area contributed by atoms with Crippen LogP contribution >= 0.6 is 36.6 Å². The normalized spacial score (nSPS) is 9.45. The molecule has 0 atom stereocenters. The molecule has 0 fully saturated rings. The monoisotopic (exact) mass is 336 g/mol. The van der Waals surface area contributed by atoms with Crippen molar-refractivity contribution in [3.05, 3.63) is 36.0 Å². The average Bonchev–Trinajstić information content (AvgIpc) is 2.77. The number of nitrogens with one attached hydrogen (secondary N) is 2. The van der Waals surface area contributed by atoms with Gasteiger partial charge in [-0.25, -0.2) is 9.97 Å². The lowest BCUT2D eigenvalue weighted by Gasteiger charge is -2.06. The molecule has 0 radical (unpaired) electrons. The first-order valence-corrected chi connectivity index (χ1v) is 6.87. The van der Waals surface area contributed by atoms with Crippen LogP contribution in [0.1, 0.15) is 11.4 Å². The van der Waals surface area contributed by atoms with Crippen LogP contribution in [0.2, 0.25) is 0 Å². The highest BCUT2D eigenvalue weighted by atomic mass is 35.5. The molecule has 0 saturated heterocycles. The molecule has 2 aromatic heterocycles. The summed E-state index contributed by atoms with van der Waals surface area (Å²) < 4.78 is 0. The van der Waals surface area contributed by atoms with Crippen LogP contribution in [0.15, 0.2) is 24.7 Å². The van der Waals surface area contributed by atoms with E-state index in [1.54, 1.807) is 36.4 Å². The first-order chi connectivity index (χ1) is 8.77. The van der Waals surface area contributed by atoms with E-state index < -0.39 is 0 Å². The Bertz CT molecular complexity index is 510. The van der Waals surface area contributed by atoms with Crippen LogP contribution in [0.4, 0.5) is 5.82 Å². The minimum atomic E-state index is 0. The van der Waals surface area contributed by atoms with Gasteiger partial charge in [0.1, 0.15) is 0 Å². The van der Waals surface area contributed by atoms with Crippen LogP contribution in [-0.4, -0.2) is 32.4 Å². The molecule has 0 spiro atoms. The SMILES string of the molecule is Cc1[nH]cnc1CSCCNc1ncccc1O.Cl.Cl. The summed E-state index contributed by atoms with van der Waals surface area (Å²) in [6.07, 6.45) is 3.37. The molecule has 0 unspecified atom stereocenters. The van der Waals surface area contributed by atoms with E-state index >= 15 is 0 Å². The second kappa shape index (κ2) is 9.74. The predicted molar refractivity (Wildman–Crippen MR) is 88.4 cm³/mol. The van der Waals surface area contributed by atoms with E-state index in [9.17, 15) is 5.11 Å². The zero-order valence-electron chi connectivity index (χ0n) is 11.0. The Balaban J connectivity index is 0.00000180. The van der Waals surface area contributed by atoms with Gasteiger partial charge in [0.25, 0.3) is 0 Å². The Hall–Kier alpha value is -1.11. The molecule has 0 bridgehead atoms. The zero-order valence-corrected chi connectivity index (χ0v) is 13.4. The smallest absolute Gasteiger partial charge is 0.168 e. The predicted octanol–water partition coefficient (Wildman–Crippen LogP) is 3.01. The highest BCUT2D eigenvalue weighted by Gasteiger charge is 2.02. The van der Waals surface area contributed by atoms with Crippen LogP contribution < -0.4 is 5.32 Å². The van der Waals surface area contributed by atoms with Crippen LogP contribution in [-0.2, 0) is 5.75 Å². The molecule has 0 aromatic carbocycles. The number of anilines is 1. The van der Waals surface area contributed by atoms with Crippen molar-refractivity contribution in [2.45, 2.75) is 12.7 Å². The number of thioether (sulfide) groups is 1. The maximum Gasteiger partial charge on any atom is 0.168 e. The highest BCUT2D eigenvalue weighted by molar-refractivity contribution is 7.98. The molecule has 0 saturated carbocycles. The van der Waals surface area contributed by atoms with Gasteiger partial charge in [0.15, 0.2) is 11.6 Å². The summed E-state index contributed by atoms with van der Waals surface area (Å²) in [5.41, 5.74) is 2.22. The van der Waals surface area contributed by atoms with E-state index in [1.165, 1.54) is 0 Å². The van der Waals surface area contributed by atoms with Crippen LogP contribution in [0.25, 0.3) is 0 Å². The minimum Gasteiger partial charge on any atom is -0.504 e. The molecule has 3 N–H and O–H groups in total. The third-order valence-electron chi connectivity index (χ3n) is 2.50. The van der Waals surface area contributed by atoms with Gasteiger partial charge in [-0.05, 0) is 19.1 Å². The minimum absolute atomic E-state index is 0. The molecule has 8 heteroatoms. The van der Waals surface area contributed by atoms with E-state index in [0.717, 1.165) is 29.4 Å². The number of H-pyrrole nitrogens is 1. The topological polar surface area (TPSA) is 73.8 Å². The van der Waals surface area contributed by atoms with Gasteiger partial charge in [0, 0.05) is 29.9 Å². The number of hydrogen-bond donors (Lipinski definition) is 3. The number of imidazole rings is 1. The van der Waals surface area contributed by atoms with Crippen molar-refractivity contribution < 1.29 is 5.11 Å². The van der Waals surface area contributed by atoms with Gasteiger partial charge in [-0.2, -0.15) is 11.8 Å². The molecule has 2 aromatic rings. The van der Waals surface area contributed by atoms with E-state index in [-0.39, 0.29) is 30.6 Å². The summed E-state index contributed by atoms with van der Waals surface area (Å²) in [7, 11) is 0. The number of hydrogen-bond acceptors (Lipinski definition) is 5. The van der Waals surface area contributed by atoms with E-state index in [4.69, 9.17) is 0 Å². The van der Waals surface area contributed by atoms with Crippen LogP contribution in [0, 0.1) is 6.92 Å². The standard InChI is InChI=1S/C12H16N4OS.2ClH/c1-9-10(16-8-15-9)7-18-6-5-14-12-11(17)3-2-4-13-12;;/h2-4,8,17H,5-7H2,1H3,(H,13,14)(H,15,16);2*1H. The molecular weight excluding hydrogens is 319 g/mol. The van der Waals surface area contributed by atoms with Crippen molar-refractivity contribution in [3.8, 4) is 5.75 Å². The van der Waals surface area contributed by atoms with Crippen molar-refractivity contribution >= 4 is 42.4 Å². The number of aryl methyl sites for hydroxylation is 1. The molecule has 2 heterocycles. The maximum atomic E-state index is 9.51. The van der Waals surface area contributed by atoms with Crippen molar-refractivity contribution in [3.63, 3.8) is 0 Å². The Kier molecular flexibility index (Phi) is 9.20. The second-order valence-electron chi connectivity index (χ2n) is 3.82. The summed E-state index contributed by atoms with van der Waals surface area (Å²) in [6.45, 7) is 2.78. The number of aromatic amines is 1. The molecule has 0 amide bonds. The quantitative estimate of drug-likeness (QED) is 0.707. The third-order valence-corrected chi connectivity index (χ3v) is 3.47. The number of aromatic nitrogens is 3. The molecule has 0 aliphatic heterocycles. The fourth-order valence-electron chi connectivity index (χ4n) is 1.48. The lowest BCUT2D eigenvalue weighted by Crippen LogP contribution is -2.05. The Morgan fingerprint density at radius 3 is 2.80 bits per heavy atom. The summed E-state index contributed by atoms with van der Waals surface area (Å²) in [6, 6.07) is 3.32. The van der Waals surface area contributed by atoms with Gasteiger partial charge in [0.05, 0.1) is 12.0 Å². The molecular formula is C12H18Cl2N4OS. The molecule has 2 rings (SSSR count). The Labute approximate surface area is 134 Å². The van der Waals surface area contributed by atoms with Crippen molar-refractivity contribution in [1.29, 1.82) is 0 Å². The van der Waals surface area contributed by atoms with Gasteiger partial charge >= 0.3 is 0 Å². The van der Waals surface area contributed by atoms with E-state index in [2.05, 4.69) is 20.3 Å². The lowest BCUT2D eigenvalue weighted by molar-refractivity contribution is 0.475. The summed E-state index contributed by atoms with van der Waals surface area (Å²) in [5.74, 6) is 2.55. The second-order valence-corrected chi connectivity index (χ2v) is 4.93. The van der Waals surface area contributed by atoms with Crippen LogP contribution in [0.5, 0.6) is 5.75 Å². The molecule has 5 nitrogen and oxygen atoms in total. The average molecular weight is 337 g/mol. The van der Waals surface area contributed by atoms with Crippen molar-refractivity contribution in [1.82, 2.24) is 15.0 Å². The van der Waals surface area contributed by atoms with Crippen molar-refractivity contribution in [2.24, 2.45) is 0 Å². The number of halogens is 2. The number of pyridine rings is 1. The fraction of sp³-hybridized carbons (Fsp3) is 0.333. The van der Waals surface area contributed by atoms with Gasteiger partial charge in [-0.1, -0.05) is 0 Å². The molecule has 0 aliphatic rings. The molecule has 112 valence electrons. The summed E-state index contributed by atoms with van der Waals surface area (Å²) in [5, 5.41) is 12.6. The molecule has 20 heavy (non-hydrogen) atoms. The molecule has 0 aliphatic carbocycles. The number of rotatable bonds is 6. The Morgan fingerprint density at radius 1 is 1.35 bits per heavy atom. The zero-order chi connectivity index (χ0) is 12.8.